The van der Waals surface area contributed by atoms with Gasteiger partial charge in [-0.3, -0.25) is 24.0 Å². The molecular weight excluding hydrogens is 408 g/mol. The third-order valence-corrected chi connectivity index (χ3v) is 4.59. The van der Waals surface area contributed by atoms with Crippen molar-refractivity contribution in [1.82, 2.24) is 16.0 Å². The summed E-state index contributed by atoms with van der Waals surface area (Å²) in [5.74, 6) is -4.03. The molecule has 0 radical (unpaired) electrons. The maximum Gasteiger partial charge on any atom is 0.325 e. The Labute approximate surface area is 182 Å². The summed E-state index contributed by atoms with van der Waals surface area (Å²) in [5, 5.41) is 16.4. The molecule has 0 aliphatic carbocycles. The number of unbranched alkanes of at least 4 members (excludes halogenated alkanes) is 1. The van der Waals surface area contributed by atoms with E-state index in [4.69, 9.17) is 22.3 Å². The first-order chi connectivity index (χ1) is 14.4. The van der Waals surface area contributed by atoms with Crippen LogP contribution in [-0.4, -0.2) is 65.4 Å². The number of amides is 4. The zero-order chi connectivity index (χ0) is 24.1. The molecule has 0 aromatic rings. The number of hydrogen-bond acceptors (Lipinski definition) is 7. The Balaban J connectivity index is 5.25. The molecule has 10 N–H and O–H groups in total. The Morgan fingerprint density at radius 3 is 1.97 bits per heavy atom. The summed E-state index contributed by atoms with van der Waals surface area (Å²) in [6, 6.07) is -4.15. The molecule has 4 amide bonds. The summed E-state index contributed by atoms with van der Waals surface area (Å²) in [7, 11) is 0. The quantitative estimate of drug-likeness (QED) is 0.139. The Morgan fingerprint density at radius 2 is 1.48 bits per heavy atom. The molecule has 0 heterocycles. The van der Waals surface area contributed by atoms with Crippen LogP contribution >= 0.6 is 0 Å². The van der Waals surface area contributed by atoms with Crippen molar-refractivity contribution in [2.45, 2.75) is 77.0 Å². The third-order valence-electron chi connectivity index (χ3n) is 4.59. The van der Waals surface area contributed by atoms with E-state index in [2.05, 4.69) is 16.0 Å². The summed E-state index contributed by atoms with van der Waals surface area (Å²) in [4.78, 5) is 59.5. The highest BCUT2D eigenvalue weighted by atomic mass is 16.4. The summed E-state index contributed by atoms with van der Waals surface area (Å²) in [6.07, 6.45) is 1.38. The van der Waals surface area contributed by atoms with Gasteiger partial charge < -0.3 is 38.3 Å². The van der Waals surface area contributed by atoms with Gasteiger partial charge >= 0.3 is 5.97 Å². The number of carboxylic acid groups (broad SMARTS) is 1. The molecule has 178 valence electrons. The first kappa shape index (κ1) is 28.3. The topological polar surface area (TPSA) is 220 Å². The van der Waals surface area contributed by atoms with E-state index in [0.29, 0.717) is 19.4 Å². The fourth-order valence-corrected chi connectivity index (χ4v) is 2.62. The number of hydrogen-bond donors (Lipinski definition) is 7. The van der Waals surface area contributed by atoms with E-state index in [1.165, 1.54) is 6.92 Å². The van der Waals surface area contributed by atoms with Gasteiger partial charge in [0.2, 0.25) is 23.6 Å². The number of nitrogens with one attached hydrogen (secondary N) is 3. The highest BCUT2D eigenvalue weighted by molar-refractivity contribution is 5.94. The molecule has 31 heavy (non-hydrogen) atoms. The average molecular weight is 445 g/mol. The van der Waals surface area contributed by atoms with Gasteiger partial charge in [-0.25, -0.2) is 0 Å². The number of primary amides is 1. The number of aliphatic carboxylic acids is 1. The van der Waals surface area contributed by atoms with Gasteiger partial charge in [0, 0.05) is 6.42 Å². The second-order valence-electron chi connectivity index (χ2n) is 7.76. The molecule has 0 aromatic heterocycles. The normalized spacial score (nSPS) is 14.8. The molecule has 4 atom stereocenters. The van der Waals surface area contributed by atoms with Crippen LogP contribution < -0.4 is 33.2 Å². The van der Waals surface area contributed by atoms with E-state index >= 15 is 0 Å². The number of carbonyl (C=O) groups excluding carboxylic acids is 4. The van der Waals surface area contributed by atoms with Crippen molar-refractivity contribution in [2.75, 3.05) is 6.54 Å². The lowest BCUT2D eigenvalue weighted by Gasteiger charge is -2.26. The third kappa shape index (κ3) is 11.3. The van der Waals surface area contributed by atoms with Crippen LogP contribution in [0.2, 0.25) is 0 Å². The van der Waals surface area contributed by atoms with E-state index in [1.54, 1.807) is 13.8 Å². The Bertz CT molecular complexity index is 641. The van der Waals surface area contributed by atoms with E-state index < -0.39 is 53.8 Å². The standard InChI is InChI=1S/C19H36N6O6/c1-10(2)15(18(29)23-11(3)19(30)31)25-17(28)13(6-4-5-9-20)24-16(27)12(21)7-8-14(22)26/h10-13,15H,4-9,20-21H2,1-3H3,(H2,22,26)(H,23,29)(H,24,27)(H,25,28)(H,30,31). The summed E-state index contributed by atoms with van der Waals surface area (Å²) >= 11 is 0. The summed E-state index contributed by atoms with van der Waals surface area (Å²) in [6.45, 7) is 5.10. The number of nitrogens with two attached hydrogens (primary N) is 3. The Hall–Kier alpha value is -2.73. The van der Waals surface area contributed by atoms with Crippen LogP contribution in [0.4, 0.5) is 0 Å². The first-order valence-electron chi connectivity index (χ1n) is 10.3. The minimum atomic E-state index is -1.21. The summed E-state index contributed by atoms with van der Waals surface area (Å²) < 4.78 is 0. The van der Waals surface area contributed by atoms with Gasteiger partial charge in [0.05, 0.1) is 6.04 Å². The SMILES string of the molecule is CC(NC(=O)C(NC(=O)C(CCCCN)NC(=O)C(N)CCC(N)=O)C(C)C)C(=O)O. The molecule has 0 fully saturated rings. The summed E-state index contributed by atoms with van der Waals surface area (Å²) in [5.41, 5.74) is 16.3. The minimum Gasteiger partial charge on any atom is -0.480 e. The monoisotopic (exact) mass is 444 g/mol. The second-order valence-corrected chi connectivity index (χ2v) is 7.76. The van der Waals surface area contributed by atoms with Crippen molar-refractivity contribution in [3.8, 4) is 0 Å². The van der Waals surface area contributed by atoms with Crippen LogP contribution in [0.3, 0.4) is 0 Å². The lowest BCUT2D eigenvalue weighted by molar-refractivity contribution is -0.142. The van der Waals surface area contributed by atoms with Gasteiger partial charge in [-0.05, 0) is 45.1 Å². The molecule has 12 nitrogen and oxygen atoms in total. The zero-order valence-electron chi connectivity index (χ0n) is 18.3. The van der Waals surface area contributed by atoms with E-state index in [1.807, 2.05) is 0 Å². The predicted molar refractivity (Wildman–Crippen MR) is 113 cm³/mol. The molecule has 4 unspecified atom stereocenters. The molecule has 0 saturated carbocycles. The molecule has 0 rings (SSSR count). The van der Waals surface area contributed by atoms with Gasteiger partial charge in [-0.2, -0.15) is 0 Å². The van der Waals surface area contributed by atoms with E-state index in [-0.39, 0.29) is 25.2 Å². The van der Waals surface area contributed by atoms with Crippen molar-refractivity contribution in [3.05, 3.63) is 0 Å². The number of rotatable bonds is 15. The highest BCUT2D eigenvalue weighted by Gasteiger charge is 2.30. The molecule has 12 heteroatoms. The van der Waals surface area contributed by atoms with Gasteiger partial charge in [-0.1, -0.05) is 13.8 Å². The Kier molecular flexibility index (Phi) is 13.0. The van der Waals surface area contributed by atoms with Crippen LogP contribution in [0, 0.1) is 5.92 Å². The van der Waals surface area contributed by atoms with Crippen LogP contribution in [-0.2, 0) is 24.0 Å². The lowest BCUT2D eigenvalue weighted by Crippen LogP contribution is -2.58. The molecule has 0 bridgehead atoms. The van der Waals surface area contributed by atoms with E-state index in [9.17, 15) is 24.0 Å². The molecular formula is C19H36N6O6. The average Bonchev–Trinajstić information content (AvgIpc) is 2.68. The van der Waals surface area contributed by atoms with Gasteiger partial charge in [0.25, 0.3) is 0 Å². The van der Waals surface area contributed by atoms with Gasteiger partial charge in [0.15, 0.2) is 0 Å². The first-order valence-corrected chi connectivity index (χ1v) is 10.3. The molecule has 0 aliphatic heterocycles. The number of carbonyl (C=O) groups is 5. The zero-order valence-corrected chi connectivity index (χ0v) is 18.3. The van der Waals surface area contributed by atoms with Crippen LogP contribution in [0.15, 0.2) is 0 Å². The van der Waals surface area contributed by atoms with Crippen LogP contribution in [0.5, 0.6) is 0 Å². The molecule has 0 aliphatic rings. The van der Waals surface area contributed by atoms with Crippen LogP contribution in [0.25, 0.3) is 0 Å². The number of carboxylic acids is 1. The minimum absolute atomic E-state index is 0.0302. The smallest absolute Gasteiger partial charge is 0.325 e. The molecule has 0 spiro atoms. The second kappa shape index (κ2) is 14.3. The molecule has 0 aromatic carbocycles. The lowest BCUT2D eigenvalue weighted by atomic mass is 10.0. The van der Waals surface area contributed by atoms with E-state index in [0.717, 1.165) is 0 Å². The Morgan fingerprint density at radius 1 is 0.871 bits per heavy atom. The fourth-order valence-electron chi connectivity index (χ4n) is 2.62. The van der Waals surface area contributed by atoms with Crippen molar-refractivity contribution in [1.29, 1.82) is 0 Å². The maximum absolute atomic E-state index is 12.8. The van der Waals surface area contributed by atoms with Crippen molar-refractivity contribution in [2.24, 2.45) is 23.1 Å². The van der Waals surface area contributed by atoms with Crippen LogP contribution in [0.1, 0.15) is 52.9 Å². The van der Waals surface area contributed by atoms with Crippen molar-refractivity contribution < 1.29 is 29.1 Å². The maximum atomic E-state index is 12.8. The van der Waals surface area contributed by atoms with Crippen molar-refractivity contribution >= 4 is 29.6 Å². The highest BCUT2D eigenvalue weighted by Crippen LogP contribution is 2.07. The van der Waals surface area contributed by atoms with Crippen molar-refractivity contribution in [3.63, 3.8) is 0 Å². The predicted octanol–water partition coefficient (Wildman–Crippen LogP) is -2.08. The fraction of sp³-hybridized carbons (Fsp3) is 0.737. The van der Waals surface area contributed by atoms with Gasteiger partial charge in [0.1, 0.15) is 18.1 Å². The molecule has 0 saturated heterocycles. The largest absolute Gasteiger partial charge is 0.480 e. The van der Waals surface area contributed by atoms with Gasteiger partial charge in [-0.15, -0.1) is 0 Å².